The predicted molar refractivity (Wildman–Crippen MR) is 104 cm³/mol. The third-order valence-corrected chi connectivity index (χ3v) is 4.70. The van der Waals surface area contributed by atoms with Crippen molar-refractivity contribution in [2.75, 3.05) is 18.5 Å². The number of fused-ring (bicyclic) bond motifs is 1. The quantitative estimate of drug-likeness (QED) is 0.347. The Kier molecular flexibility index (Phi) is 9.65. The number of carbonyl (C=O) groups excluding carboxylic acids is 2. The van der Waals surface area contributed by atoms with Gasteiger partial charge in [-0.2, -0.15) is 0 Å². The molecule has 0 spiro atoms. The fraction of sp³-hybridized carbons (Fsp3) is 0.600. The molecule has 0 radical (unpaired) electrons. The zero-order valence-electron chi connectivity index (χ0n) is 15.8. The minimum absolute atomic E-state index is 0.0570. The number of hydrogen-bond acceptors (Lipinski definition) is 5. The van der Waals surface area contributed by atoms with Crippen LogP contribution in [0, 0.1) is 0 Å². The van der Waals surface area contributed by atoms with Crippen molar-refractivity contribution in [3.63, 3.8) is 0 Å². The van der Waals surface area contributed by atoms with Crippen LogP contribution in [0.1, 0.15) is 57.8 Å². The minimum atomic E-state index is -0.371. The largest absolute Gasteiger partial charge is 0.491 e. The summed E-state index contributed by atoms with van der Waals surface area (Å²) in [7, 11) is 0. The van der Waals surface area contributed by atoms with E-state index in [0.717, 1.165) is 45.1 Å². The zero-order chi connectivity index (χ0) is 19.3. The summed E-state index contributed by atoms with van der Waals surface area (Å²) in [6.45, 7) is 1.47. The Hall–Kier alpha value is -2.12. The number of ether oxygens (including phenoxy) is 1. The highest BCUT2D eigenvalue weighted by molar-refractivity contribution is 5.96. The maximum atomic E-state index is 12.8. The molecule has 1 atom stereocenters. The van der Waals surface area contributed by atoms with E-state index < -0.39 is 0 Å². The molecule has 1 aromatic carbocycles. The second kappa shape index (κ2) is 12.3. The molecule has 27 heavy (non-hydrogen) atoms. The van der Waals surface area contributed by atoms with Gasteiger partial charge in [0.1, 0.15) is 5.75 Å². The van der Waals surface area contributed by atoms with Gasteiger partial charge in [0.2, 0.25) is 11.8 Å². The molecule has 1 heterocycles. The van der Waals surface area contributed by atoms with Crippen LogP contribution in [-0.4, -0.2) is 36.2 Å². The molecule has 7 nitrogen and oxygen atoms in total. The maximum Gasteiger partial charge on any atom is 0.243 e. The predicted octanol–water partition coefficient (Wildman–Crippen LogP) is 2.99. The summed E-state index contributed by atoms with van der Waals surface area (Å²) in [5.41, 5.74) is 2.34. The Balaban J connectivity index is 1.92. The molecule has 0 aliphatic carbocycles. The van der Waals surface area contributed by atoms with Gasteiger partial charge in [0.05, 0.1) is 18.3 Å². The highest BCUT2D eigenvalue weighted by Crippen LogP contribution is 2.24. The van der Waals surface area contributed by atoms with Gasteiger partial charge in [-0.3, -0.25) is 14.8 Å². The lowest BCUT2D eigenvalue weighted by Crippen LogP contribution is -2.41. The van der Waals surface area contributed by atoms with E-state index in [4.69, 9.17) is 9.94 Å². The van der Waals surface area contributed by atoms with E-state index in [1.165, 1.54) is 0 Å². The van der Waals surface area contributed by atoms with Crippen LogP contribution in [0.3, 0.4) is 0 Å². The Bertz CT molecular complexity index is 594. The van der Waals surface area contributed by atoms with E-state index in [1.54, 1.807) is 5.48 Å². The molecule has 1 aliphatic heterocycles. The first-order valence-corrected chi connectivity index (χ1v) is 9.89. The molecule has 150 valence electrons. The van der Waals surface area contributed by atoms with Crippen molar-refractivity contribution in [1.82, 2.24) is 10.8 Å². The van der Waals surface area contributed by atoms with E-state index >= 15 is 0 Å². The van der Waals surface area contributed by atoms with E-state index in [2.05, 4.69) is 10.6 Å². The van der Waals surface area contributed by atoms with Gasteiger partial charge in [0.25, 0.3) is 0 Å². The average molecular weight is 377 g/mol. The summed E-state index contributed by atoms with van der Waals surface area (Å²) in [5.74, 6) is 0.279. The number of carbonyl (C=O) groups is 2. The molecule has 1 aliphatic rings. The summed E-state index contributed by atoms with van der Waals surface area (Å²) in [4.78, 5) is 23.8. The number of nitrogens with one attached hydrogen (secondary N) is 3. The van der Waals surface area contributed by atoms with Gasteiger partial charge in [-0.05, 0) is 44.4 Å². The Morgan fingerprint density at radius 2 is 1.96 bits per heavy atom. The topological polar surface area (TPSA) is 99.7 Å². The molecule has 7 heteroatoms. The van der Waals surface area contributed by atoms with Crippen LogP contribution in [0.4, 0.5) is 5.69 Å². The minimum Gasteiger partial charge on any atom is -0.491 e. The number of para-hydroxylation sites is 2. The van der Waals surface area contributed by atoms with Gasteiger partial charge in [-0.25, -0.2) is 5.48 Å². The molecule has 0 fully saturated rings. The van der Waals surface area contributed by atoms with Crippen LogP contribution < -0.4 is 20.9 Å². The monoisotopic (exact) mass is 377 g/mol. The van der Waals surface area contributed by atoms with E-state index in [1.807, 2.05) is 24.3 Å². The summed E-state index contributed by atoms with van der Waals surface area (Å²) in [5, 5.41) is 14.9. The smallest absolute Gasteiger partial charge is 0.243 e. The lowest BCUT2D eigenvalue weighted by molar-refractivity contribution is -0.129. The molecular weight excluding hydrogens is 346 g/mol. The van der Waals surface area contributed by atoms with E-state index in [-0.39, 0.29) is 17.9 Å². The van der Waals surface area contributed by atoms with Crippen LogP contribution in [-0.2, 0) is 9.59 Å². The first kappa shape index (κ1) is 21.2. The normalized spacial score (nSPS) is 18.7. The summed E-state index contributed by atoms with van der Waals surface area (Å²) >= 11 is 0. The second-order valence-corrected chi connectivity index (χ2v) is 6.89. The summed E-state index contributed by atoms with van der Waals surface area (Å²) in [6, 6.07) is 7.25. The Morgan fingerprint density at radius 3 is 2.81 bits per heavy atom. The van der Waals surface area contributed by atoms with Gasteiger partial charge in [0, 0.05) is 6.42 Å². The van der Waals surface area contributed by atoms with Crippen molar-refractivity contribution in [1.29, 1.82) is 0 Å². The van der Waals surface area contributed by atoms with E-state index in [9.17, 15) is 9.59 Å². The number of anilines is 1. The molecular formula is C20H31N3O4. The first-order chi connectivity index (χ1) is 13.2. The van der Waals surface area contributed by atoms with Crippen LogP contribution in [0.5, 0.6) is 5.75 Å². The maximum absolute atomic E-state index is 12.8. The molecule has 1 aromatic rings. The zero-order valence-corrected chi connectivity index (χ0v) is 15.8. The molecule has 2 amide bonds. The number of unbranched alkanes of at least 4 members (excludes halogenated alkanes) is 2. The van der Waals surface area contributed by atoms with E-state index in [0.29, 0.717) is 37.3 Å². The van der Waals surface area contributed by atoms with Crippen LogP contribution in [0.2, 0.25) is 0 Å². The molecule has 4 N–H and O–H groups in total. The molecule has 0 saturated heterocycles. The molecule has 0 bridgehead atoms. The molecule has 0 aromatic heterocycles. The standard InChI is InChI=1S/C20H31N3O4/c24-19(23-26)13-5-3-4-11-17-20(25)22-16-10-6-7-12-18(16)27-15-9-2-1-8-14-21-17/h6-7,10,12,17,21,26H,1-5,8-9,11,13-15H2,(H,22,25)(H,23,24)/t17-/m0/s1. The Labute approximate surface area is 160 Å². The van der Waals surface area contributed by atoms with Gasteiger partial charge in [0.15, 0.2) is 0 Å². The second-order valence-electron chi connectivity index (χ2n) is 6.89. The van der Waals surface area contributed by atoms with Crippen molar-refractivity contribution in [2.45, 2.75) is 63.8 Å². The molecule has 0 saturated carbocycles. The number of amides is 2. The van der Waals surface area contributed by atoms with Crippen molar-refractivity contribution in [3.05, 3.63) is 24.3 Å². The van der Waals surface area contributed by atoms with Crippen molar-refractivity contribution in [3.8, 4) is 5.75 Å². The van der Waals surface area contributed by atoms with Gasteiger partial charge < -0.3 is 15.4 Å². The average Bonchev–Trinajstić information content (AvgIpc) is 2.69. The fourth-order valence-electron chi connectivity index (χ4n) is 3.15. The number of hydrogen-bond donors (Lipinski definition) is 4. The third kappa shape index (κ3) is 7.97. The highest BCUT2D eigenvalue weighted by atomic mass is 16.5. The van der Waals surface area contributed by atoms with Crippen molar-refractivity contribution < 1.29 is 19.5 Å². The first-order valence-electron chi connectivity index (χ1n) is 9.89. The third-order valence-electron chi connectivity index (χ3n) is 4.70. The van der Waals surface area contributed by atoms with Crippen LogP contribution in [0.15, 0.2) is 24.3 Å². The van der Waals surface area contributed by atoms with Gasteiger partial charge in [-0.1, -0.05) is 37.8 Å². The lowest BCUT2D eigenvalue weighted by Gasteiger charge is -2.19. The fourth-order valence-corrected chi connectivity index (χ4v) is 3.15. The van der Waals surface area contributed by atoms with Crippen LogP contribution >= 0.6 is 0 Å². The lowest BCUT2D eigenvalue weighted by atomic mass is 10.1. The van der Waals surface area contributed by atoms with Crippen molar-refractivity contribution in [2.24, 2.45) is 0 Å². The number of rotatable bonds is 6. The SMILES string of the molecule is O=C(CCCCC[C@@H]1NCCCCCCOc2ccccc2NC1=O)NO. The number of hydroxylamine groups is 1. The highest BCUT2D eigenvalue weighted by Gasteiger charge is 2.19. The summed E-state index contributed by atoms with van der Waals surface area (Å²) < 4.78 is 5.84. The van der Waals surface area contributed by atoms with Gasteiger partial charge in [-0.15, -0.1) is 0 Å². The summed E-state index contributed by atoms with van der Waals surface area (Å²) in [6.07, 6.45) is 7.63. The van der Waals surface area contributed by atoms with Gasteiger partial charge >= 0.3 is 0 Å². The Morgan fingerprint density at radius 1 is 1.15 bits per heavy atom. The van der Waals surface area contributed by atoms with Crippen molar-refractivity contribution >= 4 is 17.5 Å². The van der Waals surface area contributed by atoms with Crippen LogP contribution in [0.25, 0.3) is 0 Å². The molecule has 2 rings (SSSR count). The number of benzene rings is 1. The molecule has 0 unspecified atom stereocenters.